The zero-order chi connectivity index (χ0) is 13.7. The Bertz CT molecular complexity index is 681. The number of hydrogen-bond acceptors (Lipinski definition) is 4. The Morgan fingerprint density at radius 2 is 1.90 bits per heavy atom. The maximum Gasteiger partial charge on any atom is 0.162 e. The fraction of sp³-hybridized carbons (Fsp3) is 0.438. The molecule has 1 saturated carbocycles. The fourth-order valence-corrected chi connectivity index (χ4v) is 2.70. The molecule has 1 aliphatic heterocycles. The maximum absolute atomic E-state index is 5.67. The molecule has 1 aliphatic carbocycles. The average Bonchev–Trinajstić information content (AvgIpc) is 3.04. The van der Waals surface area contributed by atoms with E-state index in [1.807, 2.05) is 24.4 Å². The third-order valence-electron chi connectivity index (χ3n) is 4.25. The van der Waals surface area contributed by atoms with Gasteiger partial charge in [-0.25, -0.2) is 4.98 Å². The second-order valence-corrected chi connectivity index (χ2v) is 6.27. The van der Waals surface area contributed by atoms with Gasteiger partial charge in [0.2, 0.25) is 0 Å². The van der Waals surface area contributed by atoms with Crippen molar-refractivity contribution in [3.63, 3.8) is 0 Å². The summed E-state index contributed by atoms with van der Waals surface area (Å²) in [7, 11) is 0. The normalized spacial score (nSPS) is 22.6. The molecule has 0 radical (unpaired) electrons. The van der Waals surface area contributed by atoms with Gasteiger partial charge in [0.15, 0.2) is 11.5 Å². The lowest BCUT2D eigenvalue weighted by atomic mass is 10.1. The van der Waals surface area contributed by atoms with Gasteiger partial charge in [-0.1, -0.05) is 13.8 Å². The number of rotatable bonds is 2. The number of nitrogens with zero attached hydrogens (tertiary/aromatic N) is 1. The van der Waals surface area contributed by atoms with Crippen LogP contribution in [0.25, 0.3) is 10.8 Å². The Labute approximate surface area is 118 Å². The summed E-state index contributed by atoms with van der Waals surface area (Å²) in [6.07, 6.45) is 3.03. The molecule has 0 saturated heterocycles. The lowest BCUT2D eigenvalue weighted by Crippen LogP contribution is -2.15. The highest BCUT2D eigenvalue weighted by Gasteiger charge is 2.46. The molecule has 2 aliphatic rings. The van der Waals surface area contributed by atoms with Crippen LogP contribution in [0.15, 0.2) is 24.4 Å². The van der Waals surface area contributed by atoms with Crippen LogP contribution in [0.5, 0.6) is 11.5 Å². The van der Waals surface area contributed by atoms with Gasteiger partial charge in [0.05, 0.1) is 0 Å². The summed E-state index contributed by atoms with van der Waals surface area (Å²) in [5, 5.41) is 5.77. The van der Waals surface area contributed by atoms with Gasteiger partial charge < -0.3 is 14.8 Å². The van der Waals surface area contributed by atoms with E-state index in [0.29, 0.717) is 24.7 Å². The number of pyridine rings is 1. The van der Waals surface area contributed by atoms with Crippen LogP contribution >= 0.6 is 0 Å². The molecule has 4 rings (SSSR count). The van der Waals surface area contributed by atoms with E-state index in [-0.39, 0.29) is 0 Å². The standard InChI is InChI=1S/C16H18N2O2/c1-16(2)9-14(16)18-15-11-8-13-12(19-5-6-20-13)7-10(11)3-4-17-15/h3-4,7-8,14H,5-6,9H2,1-2H3,(H,17,18). The summed E-state index contributed by atoms with van der Waals surface area (Å²) in [5.74, 6) is 2.58. The average molecular weight is 270 g/mol. The summed E-state index contributed by atoms with van der Waals surface area (Å²) >= 11 is 0. The molecule has 0 spiro atoms. The largest absolute Gasteiger partial charge is 0.486 e. The van der Waals surface area contributed by atoms with Crippen LogP contribution in [0.1, 0.15) is 20.3 Å². The molecule has 1 aromatic heterocycles. The SMILES string of the molecule is CC1(C)CC1Nc1nccc2cc3c(cc12)OCCO3. The Kier molecular flexibility index (Phi) is 2.37. The van der Waals surface area contributed by atoms with Gasteiger partial charge in [0, 0.05) is 17.6 Å². The Morgan fingerprint density at radius 3 is 2.60 bits per heavy atom. The molecule has 104 valence electrons. The molecular formula is C16H18N2O2. The van der Waals surface area contributed by atoms with Crippen molar-refractivity contribution < 1.29 is 9.47 Å². The van der Waals surface area contributed by atoms with Gasteiger partial charge >= 0.3 is 0 Å². The van der Waals surface area contributed by atoms with Gasteiger partial charge in [0.25, 0.3) is 0 Å². The minimum atomic E-state index is 0.373. The summed E-state index contributed by atoms with van der Waals surface area (Å²) in [6, 6.07) is 6.59. The monoisotopic (exact) mass is 270 g/mol. The molecule has 2 aromatic rings. The number of ether oxygens (including phenoxy) is 2. The highest BCUT2D eigenvalue weighted by Crippen LogP contribution is 2.47. The summed E-state index contributed by atoms with van der Waals surface area (Å²) in [6.45, 7) is 5.77. The zero-order valence-corrected chi connectivity index (χ0v) is 11.8. The van der Waals surface area contributed by atoms with Crippen molar-refractivity contribution in [2.45, 2.75) is 26.3 Å². The third kappa shape index (κ3) is 1.87. The van der Waals surface area contributed by atoms with Crippen LogP contribution in [0.2, 0.25) is 0 Å². The molecule has 1 atom stereocenters. The first kappa shape index (κ1) is 11.8. The summed E-state index contributed by atoms with van der Waals surface area (Å²) in [5.41, 5.74) is 0.373. The number of aromatic nitrogens is 1. The van der Waals surface area contributed by atoms with E-state index < -0.39 is 0 Å². The molecule has 20 heavy (non-hydrogen) atoms. The Balaban J connectivity index is 1.77. The lowest BCUT2D eigenvalue weighted by Gasteiger charge is -2.19. The second-order valence-electron chi connectivity index (χ2n) is 6.27. The van der Waals surface area contributed by atoms with Crippen molar-refractivity contribution in [1.29, 1.82) is 0 Å². The number of hydrogen-bond donors (Lipinski definition) is 1. The second kappa shape index (κ2) is 4.01. The predicted molar refractivity (Wildman–Crippen MR) is 78.5 cm³/mol. The smallest absolute Gasteiger partial charge is 0.162 e. The molecule has 1 N–H and O–H groups in total. The van der Waals surface area contributed by atoms with Crippen LogP contribution in [-0.2, 0) is 0 Å². The van der Waals surface area contributed by atoms with Crippen LogP contribution in [0.3, 0.4) is 0 Å². The predicted octanol–water partition coefficient (Wildman–Crippen LogP) is 3.22. The van der Waals surface area contributed by atoms with Gasteiger partial charge in [-0.15, -0.1) is 0 Å². The molecule has 1 unspecified atom stereocenters. The van der Waals surface area contributed by atoms with Gasteiger partial charge in [-0.05, 0) is 35.4 Å². The van der Waals surface area contributed by atoms with E-state index in [0.717, 1.165) is 28.1 Å². The van der Waals surface area contributed by atoms with Crippen molar-refractivity contribution >= 4 is 16.6 Å². The van der Waals surface area contributed by atoms with E-state index in [4.69, 9.17) is 9.47 Å². The first-order chi connectivity index (χ1) is 9.63. The van der Waals surface area contributed by atoms with Crippen LogP contribution in [0.4, 0.5) is 5.82 Å². The summed E-state index contributed by atoms with van der Waals surface area (Å²) in [4.78, 5) is 4.49. The minimum Gasteiger partial charge on any atom is -0.486 e. The highest BCUT2D eigenvalue weighted by atomic mass is 16.6. The fourth-order valence-electron chi connectivity index (χ4n) is 2.70. The van der Waals surface area contributed by atoms with E-state index in [2.05, 4.69) is 24.1 Å². The summed E-state index contributed by atoms with van der Waals surface area (Å²) < 4.78 is 11.3. The van der Waals surface area contributed by atoms with Gasteiger partial charge in [-0.2, -0.15) is 0 Å². The molecule has 4 heteroatoms. The Hall–Kier alpha value is -1.97. The molecule has 1 aromatic carbocycles. The van der Waals surface area contributed by atoms with E-state index in [1.54, 1.807) is 0 Å². The topological polar surface area (TPSA) is 43.4 Å². The molecule has 0 amide bonds. The quantitative estimate of drug-likeness (QED) is 0.910. The first-order valence-electron chi connectivity index (χ1n) is 7.08. The molecule has 4 nitrogen and oxygen atoms in total. The lowest BCUT2D eigenvalue weighted by molar-refractivity contribution is 0.172. The number of fused-ring (bicyclic) bond motifs is 2. The molecular weight excluding hydrogens is 252 g/mol. The van der Waals surface area contributed by atoms with Gasteiger partial charge in [-0.3, -0.25) is 0 Å². The molecule has 2 heterocycles. The Morgan fingerprint density at radius 1 is 1.20 bits per heavy atom. The zero-order valence-electron chi connectivity index (χ0n) is 11.8. The molecule has 0 bridgehead atoms. The number of anilines is 1. The van der Waals surface area contributed by atoms with Crippen LogP contribution in [-0.4, -0.2) is 24.2 Å². The number of nitrogens with one attached hydrogen (secondary N) is 1. The van der Waals surface area contributed by atoms with Crippen molar-refractivity contribution in [3.05, 3.63) is 24.4 Å². The van der Waals surface area contributed by atoms with Crippen molar-refractivity contribution in [2.24, 2.45) is 5.41 Å². The number of benzene rings is 1. The van der Waals surface area contributed by atoms with Crippen LogP contribution in [0, 0.1) is 5.41 Å². The van der Waals surface area contributed by atoms with Crippen molar-refractivity contribution in [3.8, 4) is 11.5 Å². The van der Waals surface area contributed by atoms with Gasteiger partial charge in [0.1, 0.15) is 19.0 Å². The van der Waals surface area contributed by atoms with Crippen molar-refractivity contribution in [2.75, 3.05) is 18.5 Å². The van der Waals surface area contributed by atoms with E-state index in [1.165, 1.54) is 6.42 Å². The van der Waals surface area contributed by atoms with E-state index >= 15 is 0 Å². The van der Waals surface area contributed by atoms with E-state index in [9.17, 15) is 0 Å². The minimum absolute atomic E-state index is 0.373. The van der Waals surface area contributed by atoms with Crippen molar-refractivity contribution in [1.82, 2.24) is 4.98 Å². The first-order valence-corrected chi connectivity index (χ1v) is 7.08. The third-order valence-corrected chi connectivity index (χ3v) is 4.25. The molecule has 1 fully saturated rings. The maximum atomic E-state index is 5.67. The van der Waals surface area contributed by atoms with Crippen LogP contribution < -0.4 is 14.8 Å². The highest BCUT2D eigenvalue weighted by molar-refractivity contribution is 5.94.